The summed E-state index contributed by atoms with van der Waals surface area (Å²) in [7, 11) is 0. The van der Waals surface area contributed by atoms with E-state index in [2.05, 4.69) is 10.1 Å². The third-order valence-electron chi connectivity index (χ3n) is 5.48. The van der Waals surface area contributed by atoms with Gasteiger partial charge in [-0.3, -0.25) is 14.5 Å². The van der Waals surface area contributed by atoms with Crippen molar-refractivity contribution in [1.29, 1.82) is 0 Å². The van der Waals surface area contributed by atoms with Crippen molar-refractivity contribution < 1.29 is 18.3 Å². The number of halogens is 3. The first kappa shape index (κ1) is 22.4. The lowest BCUT2D eigenvalue weighted by Gasteiger charge is -2.39. The van der Waals surface area contributed by atoms with Crippen LogP contribution in [0.15, 0.2) is 29.4 Å². The summed E-state index contributed by atoms with van der Waals surface area (Å²) < 4.78 is 37.5. The molecular weight excluding hydrogens is 414 g/mol. The molecule has 1 aromatic heterocycles. The number of benzene rings is 1. The molecule has 0 fully saturated rings. The van der Waals surface area contributed by atoms with E-state index >= 15 is 4.39 Å². The van der Waals surface area contributed by atoms with Gasteiger partial charge < -0.3 is 10.5 Å². The number of carbonyl (C=O) groups is 1. The van der Waals surface area contributed by atoms with Gasteiger partial charge in [0.2, 0.25) is 0 Å². The smallest absolute Gasteiger partial charge is 0.188 e. The lowest BCUT2D eigenvalue weighted by molar-refractivity contribution is -0.00941. The van der Waals surface area contributed by atoms with Crippen molar-refractivity contribution >= 4 is 23.2 Å². The zero-order valence-electron chi connectivity index (χ0n) is 17.2. The summed E-state index contributed by atoms with van der Waals surface area (Å²) in [4.78, 5) is 17.1. The van der Waals surface area contributed by atoms with Crippen molar-refractivity contribution in [3.8, 4) is 0 Å². The standard InChI is InChI=1S/C21H25ClF2N4O2/c1-4-21(20(3,24)12-30-11-18(25)26-21)14-8-13(6-7-16(14)23)9-17(29)19-15(22)10-28(5-2)27-19/h6-8,10H,4-5,9,11-12H2,1-3H3,(H2,25,26)/t20?,21-/m1/s1. The zero-order valence-corrected chi connectivity index (χ0v) is 18.0. The number of aryl methyl sites for hydroxylation is 1. The third kappa shape index (κ3) is 3.98. The van der Waals surface area contributed by atoms with Crippen molar-refractivity contribution in [3.63, 3.8) is 0 Å². The second kappa shape index (κ2) is 8.43. The van der Waals surface area contributed by atoms with Crippen LogP contribution in [0.25, 0.3) is 0 Å². The summed E-state index contributed by atoms with van der Waals surface area (Å²) in [6, 6.07) is 4.18. The van der Waals surface area contributed by atoms with Crippen LogP contribution in [0, 0.1) is 5.82 Å². The Balaban J connectivity index is 2.03. The molecule has 0 radical (unpaired) electrons. The summed E-state index contributed by atoms with van der Waals surface area (Å²) in [5.74, 6) is -0.842. The van der Waals surface area contributed by atoms with Gasteiger partial charge >= 0.3 is 0 Å². The van der Waals surface area contributed by atoms with E-state index in [1.807, 2.05) is 6.92 Å². The second-order valence-electron chi connectivity index (χ2n) is 7.60. The highest BCUT2D eigenvalue weighted by Gasteiger charge is 2.52. The molecule has 0 bridgehead atoms. The molecule has 6 nitrogen and oxygen atoms in total. The summed E-state index contributed by atoms with van der Waals surface area (Å²) in [5.41, 5.74) is 2.99. The Morgan fingerprint density at radius 3 is 2.77 bits per heavy atom. The summed E-state index contributed by atoms with van der Waals surface area (Å²) in [6.45, 7) is 5.19. The lowest BCUT2D eigenvalue weighted by atomic mass is 9.74. The maximum atomic E-state index is 15.7. The van der Waals surface area contributed by atoms with Crippen LogP contribution in [0.3, 0.4) is 0 Å². The van der Waals surface area contributed by atoms with Crippen molar-refractivity contribution in [2.24, 2.45) is 10.7 Å². The van der Waals surface area contributed by atoms with E-state index < -0.39 is 17.0 Å². The monoisotopic (exact) mass is 438 g/mol. The van der Waals surface area contributed by atoms with Gasteiger partial charge in [-0.15, -0.1) is 0 Å². The molecule has 1 aliphatic rings. The number of nitrogens with zero attached hydrogens (tertiary/aromatic N) is 3. The van der Waals surface area contributed by atoms with E-state index in [9.17, 15) is 9.18 Å². The number of rotatable bonds is 6. The molecule has 162 valence electrons. The van der Waals surface area contributed by atoms with Gasteiger partial charge in [0, 0.05) is 24.7 Å². The first-order chi connectivity index (χ1) is 14.1. The van der Waals surface area contributed by atoms with E-state index in [0.29, 0.717) is 12.1 Å². The van der Waals surface area contributed by atoms with E-state index in [0.717, 1.165) is 0 Å². The van der Waals surface area contributed by atoms with Gasteiger partial charge in [0.1, 0.15) is 29.5 Å². The topological polar surface area (TPSA) is 82.5 Å². The molecule has 1 aromatic carbocycles. The van der Waals surface area contributed by atoms with E-state index in [1.165, 1.54) is 25.1 Å². The van der Waals surface area contributed by atoms with Gasteiger partial charge in [-0.2, -0.15) is 5.10 Å². The predicted octanol–water partition coefficient (Wildman–Crippen LogP) is 3.84. The van der Waals surface area contributed by atoms with Crippen LogP contribution < -0.4 is 5.73 Å². The molecule has 0 saturated carbocycles. The Morgan fingerprint density at radius 1 is 1.40 bits per heavy atom. The number of aromatic nitrogens is 2. The van der Waals surface area contributed by atoms with Crippen molar-refractivity contribution in [2.75, 3.05) is 13.2 Å². The van der Waals surface area contributed by atoms with Crippen LogP contribution >= 0.6 is 11.6 Å². The molecule has 0 spiro atoms. The minimum Gasteiger partial charge on any atom is -0.386 e. The molecule has 1 unspecified atom stereocenters. The number of ketones is 1. The number of hydrogen-bond acceptors (Lipinski definition) is 5. The number of ether oxygens (including phenoxy) is 1. The van der Waals surface area contributed by atoms with Crippen LogP contribution in [0.5, 0.6) is 0 Å². The third-order valence-corrected chi connectivity index (χ3v) is 5.75. The molecular formula is C21H25ClF2N4O2. The van der Waals surface area contributed by atoms with Crippen LogP contribution in [-0.4, -0.2) is 40.3 Å². The fraction of sp³-hybridized carbons (Fsp3) is 0.476. The molecule has 3 rings (SSSR count). The highest BCUT2D eigenvalue weighted by molar-refractivity contribution is 6.33. The largest absolute Gasteiger partial charge is 0.386 e. The molecule has 2 heterocycles. The molecule has 2 N–H and O–H groups in total. The lowest BCUT2D eigenvalue weighted by Crippen LogP contribution is -2.48. The van der Waals surface area contributed by atoms with Crippen molar-refractivity contribution in [3.05, 3.63) is 52.1 Å². The molecule has 30 heavy (non-hydrogen) atoms. The van der Waals surface area contributed by atoms with Gasteiger partial charge in [-0.05, 0) is 38.0 Å². The second-order valence-corrected chi connectivity index (χ2v) is 8.01. The van der Waals surface area contributed by atoms with Crippen LogP contribution in [-0.2, 0) is 23.2 Å². The molecule has 9 heteroatoms. The number of carbonyl (C=O) groups excluding carboxylic acids is 1. The van der Waals surface area contributed by atoms with Gasteiger partial charge in [0.05, 0.1) is 11.6 Å². The van der Waals surface area contributed by atoms with Gasteiger partial charge in [0.15, 0.2) is 11.5 Å². The minimum atomic E-state index is -2.00. The first-order valence-corrected chi connectivity index (χ1v) is 10.2. The number of Topliss-reactive ketones (excluding diaryl/α,β-unsaturated/α-hetero) is 1. The summed E-state index contributed by atoms with van der Waals surface area (Å²) in [5, 5.41) is 4.43. The van der Waals surface area contributed by atoms with Gasteiger partial charge in [-0.25, -0.2) is 8.78 Å². The molecule has 0 amide bonds. The summed E-state index contributed by atoms with van der Waals surface area (Å²) in [6.07, 6.45) is 1.67. The average Bonchev–Trinajstić information content (AvgIpc) is 3.03. The van der Waals surface area contributed by atoms with Crippen LogP contribution in [0.4, 0.5) is 8.78 Å². The average molecular weight is 439 g/mol. The van der Waals surface area contributed by atoms with Crippen LogP contribution in [0.1, 0.15) is 48.8 Å². The van der Waals surface area contributed by atoms with Crippen LogP contribution in [0.2, 0.25) is 5.02 Å². The normalized spacial score (nSPS) is 24.4. The van der Waals surface area contributed by atoms with Crippen molar-refractivity contribution in [1.82, 2.24) is 9.78 Å². The van der Waals surface area contributed by atoms with Crippen molar-refractivity contribution in [2.45, 2.75) is 51.4 Å². The maximum Gasteiger partial charge on any atom is 0.188 e. The van der Waals surface area contributed by atoms with E-state index in [-0.39, 0.29) is 54.0 Å². The first-order valence-electron chi connectivity index (χ1n) is 9.79. The zero-order chi connectivity index (χ0) is 22.1. The fourth-order valence-electron chi connectivity index (χ4n) is 3.86. The SMILES string of the molecule is CCn1cc(Cl)c(C(=O)Cc2ccc(F)c([C@@]3(CC)N=C(N)COCC3(C)F)c2)n1. The minimum absolute atomic E-state index is 0.0281. The predicted molar refractivity (Wildman–Crippen MR) is 111 cm³/mol. The summed E-state index contributed by atoms with van der Waals surface area (Å²) >= 11 is 6.12. The van der Waals surface area contributed by atoms with Gasteiger partial charge in [0.25, 0.3) is 0 Å². The highest BCUT2D eigenvalue weighted by atomic mass is 35.5. The molecule has 2 aromatic rings. The van der Waals surface area contributed by atoms with E-state index in [4.69, 9.17) is 22.1 Å². The number of amidine groups is 1. The Morgan fingerprint density at radius 2 is 2.13 bits per heavy atom. The Kier molecular flexibility index (Phi) is 6.29. The van der Waals surface area contributed by atoms with E-state index in [1.54, 1.807) is 17.8 Å². The Hall–Kier alpha value is -2.32. The fourth-order valence-corrected chi connectivity index (χ4v) is 4.11. The molecule has 1 aliphatic heterocycles. The number of aliphatic imine (C=N–C) groups is 1. The molecule has 0 saturated heterocycles. The number of nitrogens with two attached hydrogens (primary N) is 1. The highest BCUT2D eigenvalue weighted by Crippen LogP contribution is 2.45. The Labute approximate surface area is 179 Å². The van der Waals surface area contributed by atoms with Gasteiger partial charge in [-0.1, -0.05) is 24.6 Å². The molecule has 0 aliphatic carbocycles. The maximum absolute atomic E-state index is 15.7. The molecule has 2 atom stereocenters. The number of alkyl halides is 1. The Bertz CT molecular complexity index is 989. The number of hydrogen-bond donors (Lipinski definition) is 1. The quantitative estimate of drug-likeness (QED) is 0.694.